The summed E-state index contributed by atoms with van der Waals surface area (Å²) in [5.74, 6) is -1.23. The molecule has 0 spiro atoms. The fraction of sp³-hybridized carbons (Fsp3) is 0.364. The zero-order valence-corrected chi connectivity index (χ0v) is 12.0. The zero-order valence-electron chi connectivity index (χ0n) is 10.4. The van der Waals surface area contributed by atoms with E-state index in [1.165, 1.54) is 31.4 Å². The number of sulfone groups is 1. The van der Waals surface area contributed by atoms with E-state index in [9.17, 15) is 17.4 Å². The smallest absolute Gasteiger partial charge is 0.322 e. The molecule has 6 nitrogen and oxygen atoms in total. The largest absolute Gasteiger partial charge is 0.480 e. The Kier molecular flexibility index (Phi) is 5.21. The number of hydrogen-bond donors (Lipinski definition) is 1. The van der Waals surface area contributed by atoms with Crippen molar-refractivity contribution < 1.29 is 27.3 Å². The molecule has 0 aromatic heterocycles. The van der Waals surface area contributed by atoms with E-state index in [-0.39, 0.29) is 16.4 Å². The van der Waals surface area contributed by atoms with Gasteiger partial charge in [-0.05, 0) is 24.3 Å². The molecule has 0 aliphatic heterocycles. The van der Waals surface area contributed by atoms with Crippen LogP contribution in [0.15, 0.2) is 34.1 Å². The van der Waals surface area contributed by atoms with Crippen molar-refractivity contribution in [1.29, 1.82) is 0 Å². The van der Waals surface area contributed by atoms with Gasteiger partial charge in [-0.25, -0.2) is 8.42 Å². The number of benzene rings is 1. The van der Waals surface area contributed by atoms with Crippen molar-refractivity contribution in [3.8, 4) is 0 Å². The zero-order chi connectivity index (χ0) is 14.6. The number of ether oxygens (including phenoxy) is 1. The predicted molar refractivity (Wildman–Crippen MR) is 69.3 cm³/mol. The lowest BCUT2D eigenvalue weighted by Crippen LogP contribution is -2.30. The van der Waals surface area contributed by atoms with Gasteiger partial charge in [0, 0.05) is 18.3 Å². The molecule has 0 saturated heterocycles. The van der Waals surface area contributed by atoms with Crippen LogP contribution in [0.4, 0.5) is 0 Å². The molecule has 106 valence electrons. The van der Waals surface area contributed by atoms with Crippen LogP contribution in [0.3, 0.4) is 0 Å². The van der Waals surface area contributed by atoms with E-state index in [1.807, 2.05) is 0 Å². The highest BCUT2D eigenvalue weighted by molar-refractivity contribution is 7.90. The molecule has 0 bridgehead atoms. The van der Waals surface area contributed by atoms with Gasteiger partial charge in [0.1, 0.15) is 0 Å². The van der Waals surface area contributed by atoms with Gasteiger partial charge in [0.25, 0.3) is 0 Å². The third kappa shape index (κ3) is 4.12. The van der Waals surface area contributed by atoms with E-state index >= 15 is 0 Å². The Morgan fingerprint density at radius 3 is 2.26 bits per heavy atom. The number of carboxylic acid groups (broad SMARTS) is 1. The second kappa shape index (κ2) is 6.27. The fourth-order valence-corrected chi connectivity index (χ4v) is 3.17. The molecule has 19 heavy (non-hydrogen) atoms. The van der Waals surface area contributed by atoms with E-state index in [0.717, 1.165) is 6.26 Å². The maximum Gasteiger partial charge on any atom is 0.322 e. The summed E-state index contributed by atoms with van der Waals surface area (Å²) < 4.78 is 39.3. The molecule has 0 aliphatic rings. The molecule has 2 unspecified atom stereocenters. The molecule has 8 heteroatoms. The van der Waals surface area contributed by atoms with E-state index < -0.39 is 31.9 Å². The standard InChI is InChI=1S/C11H14O6S2/c1-17-7-10(11(12)13)18(14)8-3-5-9(6-4-8)19(2,15)16/h3-6,10H,7H2,1-2H3,(H,12,13). The molecular formula is C11H14O6S2. The summed E-state index contributed by atoms with van der Waals surface area (Å²) >= 11 is 0. The average Bonchev–Trinajstić information content (AvgIpc) is 2.34. The number of methoxy groups -OCH3 is 1. The lowest BCUT2D eigenvalue weighted by atomic mass is 10.4. The average molecular weight is 306 g/mol. The molecule has 1 rings (SSSR count). The summed E-state index contributed by atoms with van der Waals surface area (Å²) in [7, 11) is -3.82. The first-order valence-corrected chi connectivity index (χ1v) is 8.30. The van der Waals surface area contributed by atoms with Gasteiger partial charge in [-0.3, -0.25) is 9.00 Å². The Morgan fingerprint density at radius 2 is 1.89 bits per heavy atom. The molecule has 0 heterocycles. The van der Waals surface area contributed by atoms with Gasteiger partial charge in [-0.1, -0.05) is 0 Å². The number of rotatable bonds is 6. The number of carbonyl (C=O) groups is 1. The number of hydrogen-bond acceptors (Lipinski definition) is 5. The van der Waals surface area contributed by atoms with Crippen LogP contribution in [0.25, 0.3) is 0 Å². The molecule has 0 aliphatic carbocycles. The lowest BCUT2D eigenvalue weighted by Gasteiger charge is -2.11. The Morgan fingerprint density at radius 1 is 1.37 bits per heavy atom. The highest BCUT2D eigenvalue weighted by atomic mass is 32.2. The Hall–Kier alpha value is -1.25. The highest BCUT2D eigenvalue weighted by Crippen LogP contribution is 2.16. The summed E-state index contributed by atoms with van der Waals surface area (Å²) in [4.78, 5) is 11.3. The summed E-state index contributed by atoms with van der Waals surface area (Å²) in [6.45, 7) is -0.185. The van der Waals surface area contributed by atoms with Crippen LogP contribution in [-0.4, -0.2) is 48.9 Å². The van der Waals surface area contributed by atoms with E-state index in [0.29, 0.717) is 0 Å². The van der Waals surface area contributed by atoms with Crippen LogP contribution < -0.4 is 0 Å². The highest BCUT2D eigenvalue weighted by Gasteiger charge is 2.26. The van der Waals surface area contributed by atoms with Gasteiger partial charge in [-0.15, -0.1) is 0 Å². The van der Waals surface area contributed by atoms with Crippen molar-refractivity contribution in [3.63, 3.8) is 0 Å². The summed E-state index contributed by atoms with van der Waals surface area (Å²) in [5, 5.41) is 7.76. The van der Waals surface area contributed by atoms with Crippen molar-refractivity contribution in [2.75, 3.05) is 20.0 Å². The maximum absolute atomic E-state index is 12.0. The molecule has 1 aromatic rings. The van der Waals surface area contributed by atoms with Crippen LogP contribution in [0.5, 0.6) is 0 Å². The van der Waals surface area contributed by atoms with Gasteiger partial charge in [0.2, 0.25) is 0 Å². The Labute approximate surface area is 113 Å². The van der Waals surface area contributed by atoms with E-state index in [2.05, 4.69) is 0 Å². The first-order chi connectivity index (χ1) is 8.77. The van der Waals surface area contributed by atoms with Crippen molar-refractivity contribution in [1.82, 2.24) is 0 Å². The maximum atomic E-state index is 12.0. The lowest BCUT2D eigenvalue weighted by molar-refractivity contribution is -0.137. The van der Waals surface area contributed by atoms with Gasteiger partial charge in [0.15, 0.2) is 15.1 Å². The van der Waals surface area contributed by atoms with Crippen molar-refractivity contribution >= 4 is 26.6 Å². The minimum atomic E-state index is -3.33. The van der Waals surface area contributed by atoms with Crippen LogP contribution in [0.1, 0.15) is 0 Å². The quantitative estimate of drug-likeness (QED) is 0.811. The summed E-state index contributed by atoms with van der Waals surface area (Å²) in [6, 6.07) is 5.29. The van der Waals surface area contributed by atoms with Crippen molar-refractivity contribution in [2.24, 2.45) is 0 Å². The topological polar surface area (TPSA) is 97.7 Å². The van der Waals surface area contributed by atoms with Gasteiger partial charge < -0.3 is 9.84 Å². The number of carboxylic acids is 1. The molecule has 0 saturated carbocycles. The minimum Gasteiger partial charge on any atom is -0.480 e. The normalized spacial score (nSPS) is 14.8. The van der Waals surface area contributed by atoms with Crippen molar-refractivity contribution in [2.45, 2.75) is 15.0 Å². The molecule has 2 atom stereocenters. The first-order valence-electron chi connectivity index (χ1n) is 5.20. The SMILES string of the molecule is COCC(C(=O)O)S(=O)c1ccc(S(C)(=O)=O)cc1. The molecule has 1 N–H and O–H groups in total. The molecular weight excluding hydrogens is 292 g/mol. The van der Waals surface area contributed by atoms with E-state index in [1.54, 1.807) is 0 Å². The van der Waals surface area contributed by atoms with Crippen molar-refractivity contribution in [3.05, 3.63) is 24.3 Å². The fourth-order valence-electron chi connectivity index (χ4n) is 1.36. The van der Waals surface area contributed by atoms with Crippen LogP contribution >= 0.6 is 0 Å². The molecule has 0 fully saturated rings. The minimum absolute atomic E-state index is 0.0897. The Bertz CT molecular complexity index is 576. The van der Waals surface area contributed by atoms with E-state index in [4.69, 9.17) is 9.84 Å². The first kappa shape index (κ1) is 15.8. The Balaban J connectivity index is 3.03. The molecule has 0 radical (unpaired) electrons. The van der Waals surface area contributed by atoms with Crippen LogP contribution in [0.2, 0.25) is 0 Å². The van der Waals surface area contributed by atoms with Crippen LogP contribution in [-0.2, 0) is 30.2 Å². The van der Waals surface area contributed by atoms with Crippen LogP contribution in [0, 0.1) is 0 Å². The van der Waals surface area contributed by atoms with Gasteiger partial charge in [0.05, 0.1) is 22.3 Å². The number of aliphatic carboxylic acids is 1. The second-order valence-electron chi connectivity index (χ2n) is 3.82. The molecule has 0 amide bonds. The second-order valence-corrected chi connectivity index (χ2v) is 7.47. The summed E-state index contributed by atoms with van der Waals surface area (Å²) in [5.41, 5.74) is 0. The third-order valence-corrected chi connectivity index (χ3v) is 5.06. The monoisotopic (exact) mass is 306 g/mol. The summed E-state index contributed by atoms with van der Waals surface area (Å²) in [6.07, 6.45) is 1.06. The third-order valence-electron chi connectivity index (χ3n) is 2.34. The molecule has 1 aromatic carbocycles. The van der Waals surface area contributed by atoms with Gasteiger partial charge >= 0.3 is 5.97 Å². The van der Waals surface area contributed by atoms with Gasteiger partial charge in [-0.2, -0.15) is 0 Å². The predicted octanol–water partition coefficient (Wildman–Crippen LogP) is 0.297.